The van der Waals surface area contributed by atoms with Gasteiger partial charge in [0, 0.05) is 5.56 Å². The summed E-state index contributed by atoms with van der Waals surface area (Å²) in [5, 5.41) is 3.95. The Kier molecular flexibility index (Phi) is 5.55. The van der Waals surface area contributed by atoms with Crippen LogP contribution in [0.1, 0.15) is 15.9 Å². The van der Waals surface area contributed by atoms with Crippen molar-refractivity contribution in [2.45, 2.75) is 0 Å². The molecule has 0 unspecified atom stereocenters. The number of hydrogen-bond acceptors (Lipinski definition) is 4. The standard InChI is InChI=1S/C16H15BrN2O3/c1-21-14-9-11(8-13(17)15(14)22-2)10-18-19-16(20)12-6-4-3-5-7-12/h3-10H,1-2H3,(H,19,20). The predicted molar refractivity (Wildman–Crippen MR) is 88.7 cm³/mol. The van der Waals surface area contributed by atoms with E-state index in [1.165, 1.54) is 6.21 Å². The van der Waals surface area contributed by atoms with Gasteiger partial charge in [0.2, 0.25) is 0 Å². The van der Waals surface area contributed by atoms with Crippen LogP contribution < -0.4 is 14.9 Å². The molecule has 0 saturated heterocycles. The van der Waals surface area contributed by atoms with Crippen LogP contribution in [0, 0.1) is 0 Å². The van der Waals surface area contributed by atoms with E-state index in [0.29, 0.717) is 17.1 Å². The van der Waals surface area contributed by atoms with Gasteiger partial charge in [-0.05, 0) is 45.8 Å². The summed E-state index contributed by atoms with van der Waals surface area (Å²) in [6.07, 6.45) is 1.54. The van der Waals surface area contributed by atoms with E-state index in [9.17, 15) is 4.79 Å². The van der Waals surface area contributed by atoms with Gasteiger partial charge in [0.25, 0.3) is 5.91 Å². The molecule has 22 heavy (non-hydrogen) atoms. The third-order valence-corrected chi connectivity index (χ3v) is 3.46. The minimum Gasteiger partial charge on any atom is -0.493 e. The Bertz CT molecular complexity index is 687. The average molecular weight is 363 g/mol. The van der Waals surface area contributed by atoms with Gasteiger partial charge >= 0.3 is 0 Å². The fourth-order valence-corrected chi connectivity index (χ4v) is 2.45. The topological polar surface area (TPSA) is 59.9 Å². The molecule has 0 saturated carbocycles. The predicted octanol–water partition coefficient (Wildman–Crippen LogP) is 3.23. The Labute approximate surface area is 137 Å². The minimum atomic E-state index is -0.267. The molecule has 2 rings (SSSR count). The largest absolute Gasteiger partial charge is 0.493 e. The van der Waals surface area contributed by atoms with Gasteiger partial charge in [-0.3, -0.25) is 4.79 Å². The van der Waals surface area contributed by atoms with E-state index in [1.54, 1.807) is 44.6 Å². The van der Waals surface area contributed by atoms with Gasteiger partial charge in [0.1, 0.15) is 0 Å². The smallest absolute Gasteiger partial charge is 0.271 e. The number of halogens is 1. The third kappa shape index (κ3) is 3.85. The second-order valence-electron chi connectivity index (χ2n) is 4.30. The second kappa shape index (κ2) is 7.61. The van der Waals surface area contributed by atoms with Gasteiger partial charge in [0.05, 0.1) is 24.9 Å². The molecular weight excluding hydrogens is 348 g/mol. The lowest BCUT2D eigenvalue weighted by Gasteiger charge is -2.10. The Hall–Kier alpha value is -2.34. The number of rotatable bonds is 5. The fourth-order valence-electron chi connectivity index (χ4n) is 1.83. The minimum absolute atomic E-state index is 0.267. The van der Waals surface area contributed by atoms with Crippen molar-refractivity contribution in [2.24, 2.45) is 5.10 Å². The maximum atomic E-state index is 11.8. The van der Waals surface area contributed by atoms with Crippen molar-refractivity contribution in [1.29, 1.82) is 0 Å². The zero-order valence-corrected chi connectivity index (χ0v) is 13.8. The molecule has 2 aromatic rings. The molecular formula is C16H15BrN2O3. The molecule has 0 fully saturated rings. The van der Waals surface area contributed by atoms with E-state index in [1.807, 2.05) is 12.1 Å². The highest BCUT2D eigenvalue weighted by atomic mass is 79.9. The highest BCUT2D eigenvalue weighted by Crippen LogP contribution is 2.35. The molecule has 5 nitrogen and oxygen atoms in total. The van der Waals surface area contributed by atoms with Crippen molar-refractivity contribution in [3.8, 4) is 11.5 Å². The summed E-state index contributed by atoms with van der Waals surface area (Å²) in [4.78, 5) is 11.8. The average Bonchev–Trinajstić information content (AvgIpc) is 2.55. The van der Waals surface area contributed by atoms with E-state index in [2.05, 4.69) is 26.5 Å². The van der Waals surface area contributed by atoms with Crippen LogP contribution in [0.4, 0.5) is 0 Å². The maximum Gasteiger partial charge on any atom is 0.271 e. The molecule has 0 heterocycles. The number of hydrogen-bond donors (Lipinski definition) is 1. The quantitative estimate of drug-likeness (QED) is 0.656. The van der Waals surface area contributed by atoms with Crippen molar-refractivity contribution >= 4 is 28.1 Å². The molecule has 114 valence electrons. The number of benzene rings is 2. The molecule has 0 aliphatic carbocycles. The number of methoxy groups -OCH3 is 2. The number of hydrazone groups is 1. The summed E-state index contributed by atoms with van der Waals surface area (Å²) in [5.74, 6) is 0.914. The van der Waals surface area contributed by atoms with Crippen molar-refractivity contribution in [2.75, 3.05) is 14.2 Å². The number of amides is 1. The Morgan fingerprint density at radius 3 is 2.55 bits per heavy atom. The van der Waals surface area contributed by atoms with Crippen LogP contribution in [0.3, 0.4) is 0 Å². The lowest BCUT2D eigenvalue weighted by Crippen LogP contribution is -2.17. The van der Waals surface area contributed by atoms with Crippen molar-refractivity contribution in [3.63, 3.8) is 0 Å². The fraction of sp³-hybridized carbons (Fsp3) is 0.125. The van der Waals surface area contributed by atoms with Crippen molar-refractivity contribution in [1.82, 2.24) is 5.43 Å². The number of carbonyl (C=O) groups excluding carboxylic acids is 1. The van der Waals surface area contributed by atoms with Crippen LogP contribution in [0.15, 0.2) is 52.0 Å². The SMILES string of the molecule is COc1cc(C=NNC(=O)c2ccccc2)cc(Br)c1OC. The number of ether oxygens (including phenoxy) is 2. The first kappa shape index (κ1) is 16.0. The summed E-state index contributed by atoms with van der Waals surface area (Å²) < 4.78 is 11.2. The van der Waals surface area contributed by atoms with Crippen LogP contribution in [0.5, 0.6) is 11.5 Å². The summed E-state index contributed by atoms with van der Waals surface area (Å²) >= 11 is 3.40. The van der Waals surface area contributed by atoms with Crippen LogP contribution in [0.25, 0.3) is 0 Å². The summed E-state index contributed by atoms with van der Waals surface area (Å²) in [6, 6.07) is 12.5. The lowest BCUT2D eigenvalue weighted by atomic mass is 10.2. The van der Waals surface area contributed by atoms with Gasteiger partial charge in [-0.25, -0.2) is 5.43 Å². The van der Waals surface area contributed by atoms with Gasteiger partial charge in [0.15, 0.2) is 11.5 Å². The number of nitrogens with zero attached hydrogens (tertiary/aromatic N) is 1. The molecule has 0 spiro atoms. The maximum absolute atomic E-state index is 11.8. The zero-order valence-electron chi connectivity index (χ0n) is 12.2. The normalized spacial score (nSPS) is 10.5. The molecule has 0 aromatic heterocycles. The number of nitrogens with one attached hydrogen (secondary N) is 1. The highest BCUT2D eigenvalue weighted by Gasteiger charge is 2.09. The molecule has 6 heteroatoms. The molecule has 1 N–H and O–H groups in total. The van der Waals surface area contributed by atoms with Gasteiger partial charge in [-0.1, -0.05) is 18.2 Å². The Morgan fingerprint density at radius 2 is 1.91 bits per heavy atom. The van der Waals surface area contributed by atoms with E-state index in [0.717, 1.165) is 10.0 Å². The van der Waals surface area contributed by atoms with Crippen LogP contribution >= 0.6 is 15.9 Å². The van der Waals surface area contributed by atoms with Gasteiger partial charge < -0.3 is 9.47 Å². The summed E-state index contributed by atoms with van der Waals surface area (Å²) in [5.41, 5.74) is 3.79. The highest BCUT2D eigenvalue weighted by molar-refractivity contribution is 9.10. The summed E-state index contributed by atoms with van der Waals surface area (Å²) in [7, 11) is 3.12. The monoisotopic (exact) mass is 362 g/mol. The third-order valence-electron chi connectivity index (χ3n) is 2.87. The molecule has 0 atom stereocenters. The molecule has 0 radical (unpaired) electrons. The number of carbonyl (C=O) groups is 1. The molecule has 0 aliphatic heterocycles. The van der Waals surface area contributed by atoms with Gasteiger partial charge in [-0.15, -0.1) is 0 Å². The molecule has 0 aliphatic rings. The Morgan fingerprint density at radius 1 is 1.18 bits per heavy atom. The van der Waals surface area contributed by atoms with Crippen molar-refractivity contribution in [3.05, 3.63) is 58.1 Å². The van der Waals surface area contributed by atoms with Crippen LogP contribution in [-0.2, 0) is 0 Å². The van der Waals surface area contributed by atoms with Crippen LogP contribution in [0.2, 0.25) is 0 Å². The lowest BCUT2D eigenvalue weighted by molar-refractivity contribution is 0.0955. The molecule has 1 amide bonds. The summed E-state index contributed by atoms with van der Waals surface area (Å²) in [6.45, 7) is 0. The van der Waals surface area contributed by atoms with E-state index in [-0.39, 0.29) is 5.91 Å². The van der Waals surface area contributed by atoms with Crippen LogP contribution in [-0.4, -0.2) is 26.3 Å². The first-order valence-corrected chi connectivity index (χ1v) is 7.25. The Balaban J connectivity index is 2.10. The van der Waals surface area contributed by atoms with Gasteiger partial charge in [-0.2, -0.15) is 5.10 Å². The zero-order chi connectivity index (χ0) is 15.9. The van der Waals surface area contributed by atoms with E-state index >= 15 is 0 Å². The van der Waals surface area contributed by atoms with Crippen molar-refractivity contribution < 1.29 is 14.3 Å². The molecule has 2 aromatic carbocycles. The second-order valence-corrected chi connectivity index (χ2v) is 5.16. The molecule has 0 bridgehead atoms. The first-order valence-electron chi connectivity index (χ1n) is 6.45. The first-order chi connectivity index (χ1) is 10.7. The van der Waals surface area contributed by atoms with E-state index < -0.39 is 0 Å². The van der Waals surface area contributed by atoms with E-state index in [4.69, 9.17) is 9.47 Å².